The zero-order chi connectivity index (χ0) is 14.3. The van der Waals surface area contributed by atoms with E-state index in [0.29, 0.717) is 5.02 Å². The second kappa shape index (κ2) is 4.71. The number of benzene rings is 2. The molecule has 0 heterocycles. The number of phenolic OH excluding ortho intramolecular Hbond substituents is 1. The first kappa shape index (κ1) is 13.3. The third kappa shape index (κ3) is 2.25. The van der Waals surface area contributed by atoms with Crippen LogP contribution in [0.15, 0.2) is 42.5 Å². The molecule has 0 aliphatic heterocycles. The Morgan fingerprint density at radius 3 is 2.70 bits per heavy atom. The Morgan fingerprint density at radius 2 is 1.95 bits per heavy atom. The number of hydrogen-bond acceptors (Lipinski definition) is 2. The Hall–Kier alpha value is -1.67. The Bertz CT molecular complexity index is 651. The maximum atomic E-state index is 9.51. The van der Waals surface area contributed by atoms with E-state index >= 15 is 0 Å². The molecular weight excluding hydrogens is 270 g/mol. The average molecular weight is 288 g/mol. The van der Waals surface area contributed by atoms with Gasteiger partial charge in [-0.3, -0.25) is 0 Å². The fourth-order valence-electron chi connectivity index (χ4n) is 3.03. The zero-order valence-electron chi connectivity index (χ0n) is 11.7. The molecule has 20 heavy (non-hydrogen) atoms. The number of anilines is 1. The van der Waals surface area contributed by atoms with Crippen molar-refractivity contribution in [2.45, 2.75) is 26.3 Å². The lowest BCUT2D eigenvalue weighted by Gasteiger charge is -2.29. The minimum atomic E-state index is 0.114. The Balaban J connectivity index is 1.94. The molecular formula is C17H18ClNO. The molecule has 1 aliphatic carbocycles. The van der Waals surface area contributed by atoms with Crippen molar-refractivity contribution in [3.05, 3.63) is 58.6 Å². The van der Waals surface area contributed by atoms with Gasteiger partial charge < -0.3 is 10.4 Å². The molecule has 0 bridgehead atoms. The number of aromatic hydroxyl groups is 1. The molecule has 3 heteroatoms. The summed E-state index contributed by atoms with van der Waals surface area (Å²) in [5.74, 6) is 0.114. The molecule has 0 amide bonds. The molecule has 2 aromatic rings. The largest absolute Gasteiger partial charge is 0.506 e. The van der Waals surface area contributed by atoms with Crippen LogP contribution in [-0.4, -0.2) is 5.11 Å². The van der Waals surface area contributed by atoms with Gasteiger partial charge in [0, 0.05) is 5.69 Å². The second-order valence-corrected chi connectivity index (χ2v) is 6.51. The zero-order valence-corrected chi connectivity index (χ0v) is 12.4. The minimum absolute atomic E-state index is 0.114. The monoisotopic (exact) mass is 287 g/mol. The van der Waals surface area contributed by atoms with Crippen LogP contribution in [-0.2, 0) is 6.42 Å². The molecule has 2 N–H and O–H groups in total. The molecule has 1 aliphatic rings. The van der Waals surface area contributed by atoms with Gasteiger partial charge in [-0.1, -0.05) is 49.7 Å². The van der Waals surface area contributed by atoms with Crippen molar-refractivity contribution < 1.29 is 5.11 Å². The van der Waals surface area contributed by atoms with Crippen LogP contribution in [0.3, 0.4) is 0 Å². The lowest BCUT2D eigenvalue weighted by atomic mass is 9.85. The minimum Gasteiger partial charge on any atom is -0.506 e. The highest BCUT2D eigenvalue weighted by atomic mass is 35.5. The highest BCUT2D eigenvalue weighted by Crippen LogP contribution is 2.47. The van der Waals surface area contributed by atoms with E-state index in [0.717, 1.165) is 12.1 Å². The van der Waals surface area contributed by atoms with Crippen LogP contribution in [0.2, 0.25) is 5.02 Å². The highest BCUT2D eigenvalue weighted by Gasteiger charge is 2.38. The first-order valence-corrected chi connectivity index (χ1v) is 7.18. The molecule has 104 valence electrons. The van der Waals surface area contributed by atoms with Gasteiger partial charge in [-0.25, -0.2) is 0 Å². The third-order valence-corrected chi connectivity index (χ3v) is 4.36. The van der Waals surface area contributed by atoms with Gasteiger partial charge in [-0.2, -0.15) is 0 Å². The van der Waals surface area contributed by atoms with E-state index in [1.807, 2.05) is 6.07 Å². The predicted molar refractivity (Wildman–Crippen MR) is 83.4 cm³/mol. The van der Waals surface area contributed by atoms with Crippen molar-refractivity contribution in [2.24, 2.45) is 5.41 Å². The van der Waals surface area contributed by atoms with E-state index in [1.165, 1.54) is 11.1 Å². The van der Waals surface area contributed by atoms with Crippen molar-refractivity contribution in [1.29, 1.82) is 0 Å². The molecule has 3 rings (SSSR count). The number of phenols is 1. The number of halogens is 1. The van der Waals surface area contributed by atoms with E-state index in [4.69, 9.17) is 11.6 Å². The van der Waals surface area contributed by atoms with Crippen molar-refractivity contribution in [2.75, 3.05) is 5.32 Å². The van der Waals surface area contributed by atoms with Gasteiger partial charge in [0.2, 0.25) is 0 Å². The van der Waals surface area contributed by atoms with Gasteiger partial charge >= 0.3 is 0 Å². The normalized spacial score (nSPS) is 19.6. The van der Waals surface area contributed by atoms with Gasteiger partial charge in [0.1, 0.15) is 5.75 Å². The van der Waals surface area contributed by atoms with Crippen molar-refractivity contribution in [3.8, 4) is 5.75 Å². The van der Waals surface area contributed by atoms with Crippen molar-refractivity contribution in [1.82, 2.24) is 0 Å². The summed E-state index contributed by atoms with van der Waals surface area (Å²) in [6.07, 6.45) is 1.06. The maximum Gasteiger partial charge on any atom is 0.134 e. The molecule has 0 saturated heterocycles. The SMILES string of the molecule is CC1(C)Cc2ccccc2C1Nc1ccc(O)c(Cl)c1. The summed E-state index contributed by atoms with van der Waals surface area (Å²) >= 11 is 5.98. The van der Waals surface area contributed by atoms with Crippen LogP contribution < -0.4 is 5.32 Å². The molecule has 0 spiro atoms. The number of hydrogen-bond donors (Lipinski definition) is 2. The van der Waals surface area contributed by atoms with E-state index in [9.17, 15) is 5.11 Å². The summed E-state index contributed by atoms with van der Waals surface area (Å²) in [6, 6.07) is 14.1. The third-order valence-electron chi connectivity index (χ3n) is 4.05. The lowest BCUT2D eigenvalue weighted by Crippen LogP contribution is -2.24. The molecule has 1 atom stereocenters. The molecule has 2 aromatic carbocycles. The summed E-state index contributed by atoms with van der Waals surface area (Å²) < 4.78 is 0. The quantitative estimate of drug-likeness (QED) is 0.779. The van der Waals surface area contributed by atoms with E-state index in [1.54, 1.807) is 12.1 Å². The molecule has 0 aromatic heterocycles. The van der Waals surface area contributed by atoms with Gasteiger partial charge in [0.05, 0.1) is 11.1 Å². The van der Waals surface area contributed by atoms with Crippen LogP contribution in [0.1, 0.15) is 31.0 Å². The summed E-state index contributed by atoms with van der Waals surface area (Å²) in [5, 5.41) is 13.4. The summed E-state index contributed by atoms with van der Waals surface area (Å²) in [7, 11) is 0. The number of fused-ring (bicyclic) bond motifs is 1. The smallest absolute Gasteiger partial charge is 0.134 e. The van der Waals surface area contributed by atoms with Crippen LogP contribution in [0.5, 0.6) is 5.75 Å². The average Bonchev–Trinajstić information content (AvgIpc) is 2.65. The van der Waals surface area contributed by atoms with Gasteiger partial charge in [0.15, 0.2) is 0 Å². The van der Waals surface area contributed by atoms with Crippen LogP contribution in [0.4, 0.5) is 5.69 Å². The summed E-state index contributed by atoms with van der Waals surface area (Å²) in [4.78, 5) is 0. The fraction of sp³-hybridized carbons (Fsp3) is 0.294. The topological polar surface area (TPSA) is 32.3 Å². The first-order valence-electron chi connectivity index (χ1n) is 6.80. The van der Waals surface area contributed by atoms with Gasteiger partial charge in [-0.15, -0.1) is 0 Å². The Labute approximate surface area is 124 Å². The van der Waals surface area contributed by atoms with Crippen LogP contribution >= 0.6 is 11.6 Å². The van der Waals surface area contributed by atoms with Crippen LogP contribution in [0, 0.1) is 5.41 Å². The standard InChI is InChI=1S/C17H18ClNO/c1-17(2)10-11-5-3-4-6-13(11)16(17)19-12-7-8-15(20)14(18)9-12/h3-9,16,19-20H,10H2,1-2H3. The molecule has 0 radical (unpaired) electrons. The van der Waals surface area contributed by atoms with Crippen molar-refractivity contribution >= 4 is 17.3 Å². The molecule has 2 nitrogen and oxygen atoms in total. The molecule has 0 fully saturated rings. The molecule has 1 unspecified atom stereocenters. The Morgan fingerprint density at radius 1 is 1.20 bits per heavy atom. The summed E-state index contributed by atoms with van der Waals surface area (Å²) in [5.41, 5.74) is 3.83. The lowest BCUT2D eigenvalue weighted by molar-refractivity contribution is 0.337. The molecule has 0 saturated carbocycles. The van der Waals surface area contributed by atoms with Gasteiger partial charge in [-0.05, 0) is 41.2 Å². The highest BCUT2D eigenvalue weighted by molar-refractivity contribution is 6.32. The van der Waals surface area contributed by atoms with E-state index in [-0.39, 0.29) is 17.2 Å². The van der Waals surface area contributed by atoms with E-state index < -0.39 is 0 Å². The maximum absolute atomic E-state index is 9.51. The summed E-state index contributed by atoms with van der Waals surface area (Å²) in [6.45, 7) is 4.54. The van der Waals surface area contributed by atoms with E-state index in [2.05, 4.69) is 43.4 Å². The van der Waals surface area contributed by atoms with Gasteiger partial charge in [0.25, 0.3) is 0 Å². The fourth-order valence-corrected chi connectivity index (χ4v) is 3.21. The van der Waals surface area contributed by atoms with Crippen LogP contribution in [0.25, 0.3) is 0 Å². The first-order chi connectivity index (χ1) is 9.47. The Kier molecular flexibility index (Phi) is 3.14. The van der Waals surface area contributed by atoms with Crippen molar-refractivity contribution in [3.63, 3.8) is 0 Å². The number of rotatable bonds is 2. The predicted octanol–water partition coefficient (Wildman–Crippen LogP) is 4.78. The second-order valence-electron chi connectivity index (χ2n) is 6.11. The number of nitrogens with one attached hydrogen (secondary N) is 1.